The highest BCUT2D eigenvalue weighted by atomic mass is 16.5. The Morgan fingerprint density at radius 2 is 1.48 bits per heavy atom. The smallest absolute Gasteiger partial charge is 0.289 e. The van der Waals surface area contributed by atoms with Crippen LogP contribution in [-0.2, 0) is 17.7 Å². The lowest BCUT2D eigenvalue weighted by atomic mass is 10.1. The molecule has 1 aromatic rings. The first-order valence-electron chi connectivity index (χ1n) is 9.51. The van der Waals surface area contributed by atoms with E-state index in [9.17, 15) is 9.59 Å². The lowest BCUT2D eigenvalue weighted by Gasteiger charge is -2.27. The number of hydrogen-bond acceptors (Lipinski definition) is 4. The van der Waals surface area contributed by atoms with Crippen molar-refractivity contribution in [2.45, 2.75) is 45.1 Å². The quantitative estimate of drug-likeness (QED) is 0.810. The number of fused-ring (bicyclic) bond motifs is 1. The molecule has 2 saturated heterocycles. The highest BCUT2D eigenvalue weighted by Crippen LogP contribution is 2.24. The van der Waals surface area contributed by atoms with Crippen LogP contribution in [0.25, 0.3) is 0 Å². The average Bonchev–Trinajstić information content (AvgIpc) is 3.08. The Kier molecular flexibility index (Phi) is 4.74. The van der Waals surface area contributed by atoms with Gasteiger partial charge in [-0.15, -0.1) is 0 Å². The first-order valence-corrected chi connectivity index (χ1v) is 9.51. The van der Waals surface area contributed by atoms with Crippen molar-refractivity contribution in [3.8, 4) is 0 Å². The number of imidazole rings is 1. The Morgan fingerprint density at radius 3 is 2.24 bits per heavy atom. The van der Waals surface area contributed by atoms with Crippen molar-refractivity contribution in [1.82, 2.24) is 19.4 Å². The molecule has 25 heavy (non-hydrogen) atoms. The van der Waals surface area contributed by atoms with E-state index < -0.39 is 0 Å². The van der Waals surface area contributed by atoms with Crippen molar-refractivity contribution in [1.29, 1.82) is 0 Å². The molecule has 3 aliphatic heterocycles. The van der Waals surface area contributed by atoms with E-state index in [-0.39, 0.29) is 11.8 Å². The second-order valence-electron chi connectivity index (χ2n) is 7.10. The summed E-state index contributed by atoms with van der Waals surface area (Å²) in [7, 11) is 0. The van der Waals surface area contributed by atoms with Crippen LogP contribution in [-0.4, -0.2) is 70.6 Å². The Morgan fingerprint density at radius 1 is 0.800 bits per heavy atom. The average molecular weight is 346 g/mol. The van der Waals surface area contributed by atoms with Gasteiger partial charge >= 0.3 is 0 Å². The van der Waals surface area contributed by atoms with Crippen LogP contribution in [0.3, 0.4) is 0 Å². The van der Waals surface area contributed by atoms with E-state index in [4.69, 9.17) is 4.74 Å². The highest BCUT2D eigenvalue weighted by molar-refractivity contribution is 5.97. The minimum Gasteiger partial charge on any atom is -0.378 e. The van der Waals surface area contributed by atoms with Crippen LogP contribution < -0.4 is 0 Å². The molecule has 0 radical (unpaired) electrons. The standard InChI is InChI=1S/C18H26N4O3/c23-17(21-10-12-25-13-11-21)15-14-6-2-5-9-22(14)16(19-15)18(24)20-7-3-1-4-8-20/h1-13H2. The van der Waals surface area contributed by atoms with Gasteiger partial charge in [-0.1, -0.05) is 0 Å². The van der Waals surface area contributed by atoms with Crippen molar-refractivity contribution in [2.24, 2.45) is 0 Å². The normalized spacial score (nSPS) is 21.1. The summed E-state index contributed by atoms with van der Waals surface area (Å²) in [5.74, 6) is 0.406. The van der Waals surface area contributed by atoms with Crippen LogP contribution >= 0.6 is 0 Å². The molecule has 4 heterocycles. The Hall–Kier alpha value is -1.89. The van der Waals surface area contributed by atoms with E-state index in [0.717, 1.165) is 57.4 Å². The molecule has 1 aromatic heterocycles. The van der Waals surface area contributed by atoms with Crippen molar-refractivity contribution >= 4 is 11.8 Å². The molecule has 0 atom stereocenters. The maximum Gasteiger partial charge on any atom is 0.289 e. The molecule has 0 aliphatic carbocycles. The Labute approximate surface area is 147 Å². The van der Waals surface area contributed by atoms with E-state index in [0.29, 0.717) is 37.8 Å². The monoisotopic (exact) mass is 346 g/mol. The summed E-state index contributed by atoms with van der Waals surface area (Å²) in [6.45, 7) is 4.72. The zero-order chi connectivity index (χ0) is 17.2. The maximum absolute atomic E-state index is 13.0. The number of carbonyl (C=O) groups excluding carboxylic acids is 2. The summed E-state index contributed by atoms with van der Waals surface area (Å²) < 4.78 is 7.35. The topological polar surface area (TPSA) is 67.7 Å². The number of hydrogen-bond donors (Lipinski definition) is 0. The van der Waals surface area contributed by atoms with E-state index in [1.807, 2.05) is 9.47 Å². The number of rotatable bonds is 2. The Bertz CT molecular complexity index is 603. The summed E-state index contributed by atoms with van der Waals surface area (Å²) in [5.41, 5.74) is 1.44. The van der Waals surface area contributed by atoms with E-state index in [1.54, 1.807) is 4.90 Å². The molecule has 0 aromatic carbocycles. The van der Waals surface area contributed by atoms with Gasteiger partial charge in [0.1, 0.15) is 5.69 Å². The molecule has 2 fully saturated rings. The fourth-order valence-electron chi connectivity index (χ4n) is 4.03. The van der Waals surface area contributed by atoms with Gasteiger partial charge in [-0.05, 0) is 38.5 Å². The molecule has 3 aliphatic rings. The SMILES string of the molecule is O=C(c1nc(C(=O)N2CCCCC2)n2c1CCCC2)N1CCOCC1. The molecular weight excluding hydrogens is 320 g/mol. The van der Waals surface area contributed by atoms with Crippen LogP contribution in [0.2, 0.25) is 0 Å². The van der Waals surface area contributed by atoms with E-state index in [2.05, 4.69) is 4.98 Å². The number of morpholine rings is 1. The van der Waals surface area contributed by atoms with Gasteiger partial charge in [0, 0.05) is 32.7 Å². The van der Waals surface area contributed by atoms with Gasteiger partial charge in [0.15, 0.2) is 5.82 Å². The lowest BCUT2D eigenvalue weighted by molar-refractivity contribution is 0.0298. The Balaban J connectivity index is 1.64. The van der Waals surface area contributed by atoms with Gasteiger partial charge in [-0.25, -0.2) is 4.98 Å². The molecule has 7 heteroatoms. The predicted molar refractivity (Wildman–Crippen MR) is 91.6 cm³/mol. The molecule has 2 amide bonds. The third-order valence-electron chi connectivity index (χ3n) is 5.45. The summed E-state index contributed by atoms with van der Waals surface area (Å²) >= 11 is 0. The molecule has 0 N–H and O–H groups in total. The number of ether oxygens (including phenoxy) is 1. The van der Waals surface area contributed by atoms with E-state index >= 15 is 0 Å². The molecule has 0 unspecified atom stereocenters. The van der Waals surface area contributed by atoms with Crippen molar-refractivity contribution < 1.29 is 14.3 Å². The zero-order valence-electron chi connectivity index (χ0n) is 14.7. The number of amides is 2. The summed E-state index contributed by atoms with van der Waals surface area (Å²) in [5, 5.41) is 0. The molecule has 0 bridgehead atoms. The zero-order valence-corrected chi connectivity index (χ0v) is 14.7. The van der Waals surface area contributed by atoms with Crippen molar-refractivity contribution in [3.05, 3.63) is 17.2 Å². The molecular formula is C18H26N4O3. The molecule has 4 rings (SSSR count). The molecule has 0 spiro atoms. The fourth-order valence-corrected chi connectivity index (χ4v) is 4.03. The lowest BCUT2D eigenvalue weighted by Crippen LogP contribution is -2.41. The number of nitrogens with zero attached hydrogens (tertiary/aromatic N) is 4. The first-order chi connectivity index (χ1) is 12.3. The number of carbonyl (C=O) groups is 2. The van der Waals surface area contributed by atoms with Crippen LogP contribution in [0.5, 0.6) is 0 Å². The third kappa shape index (κ3) is 3.17. The van der Waals surface area contributed by atoms with Crippen molar-refractivity contribution in [2.75, 3.05) is 39.4 Å². The predicted octanol–water partition coefficient (Wildman–Crippen LogP) is 1.32. The van der Waals surface area contributed by atoms with Gasteiger partial charge in [-0.3, -0.25) is 9.59 Å². The second kappa shape index (κ2) is 7.15. The fraction of sp³-hybridized carbons (Fsp3) is 0.722. The second-order valence-corrected chi connectivity index (χ2v) is 7.10. The van der Waals surface area contributed by atoms with Gasteiger partial charge in [0.05, 0.1) is 18.9 Å². The third-order valence-corrected chi connectivity index (χ3v) is 5.45. The number of piperidine rings is 1. The molecule has 136 valence electrons. The van der Waals surface area contributed by atoms with Gasteiger partial charge in [0.25, 0.3) is 11.8 Å². The number of likely N-dealkylation sites (tertiary alicyclic amines) is 1. The van der Waals surface area contributed by atoms with Crippen LogP contribution in [0.15, 0.2) is 0 Å². The van der Waals surface area contributed by atoms with Gasteiger partial charge in [0.2, 0.25) is 0 Å². The van der Waals surface area contributed by atoms with Gasteiger partial charge < -0.3 is 19.1 Å². The maximum atomic E-state index is 13.0. The minimum atomic E-state index is -0.0494. The highest BCUT2D eigenvalue weighted by Gasteiger charge is 2.32. The summed E-state index contributed by atoms with van der Waals surface area (Å²) in [4.78, 5) is 34.2. The molecule has 0 saturated carbocycles. The van der Waals surface area contributed by atoms with Gasteiger partial charge in [-0.2, -0.15) is 0 Å². The van der Waals surface area contributed by atoms with Crippen LogP contribution in [0.4, 0.5) is 0 Å². The largest absolute Gasteiger partial charge is 0.378 e. The summed E-state index contributed by atoms with van der Waals surface area (Å²) in [6.07, 6.45) is 6.20. The van der Waals surface area contributed by atoms with Crippen LogP contribution in [0, 0.1) is 0 Å². The van der Waals surface area contributed by atoms with E-state index in [1.165, 1.54) is 6.42 Å². The first kappa shape index (κ1) is 16.6. The number of aromatic nitrogens is 2. The van der Waals surface area contributed by atoms with Crippen LogP contribution in [0.1, 0.15) is 58.9 Å². The summed E-state index contributed by atoms with van der Waals surface area (Å²) in [6, 6.07) is 0. The molecule has 7 nitrogen and oxygen atoms in total. The van der Waals surface area contributed by atoms with Crippen molar-refractivity contribution in [3.63, 3.8) is 0 Å². The minimum absolute atomic E-state index is 0.0103.